The molecule has 0 radical (unpaired) electrons. The van der Waals surface area contributed by atoms with Crippen molar-refractivity contribution in [1.82, 2.24) is 10.2 Å². The summed E-state index contributed by atoms with van der Waals surface area (Å²) in [7, 11) is 0. The van der Waals surface area contributed by atoms with Crippen LogP contribution >= 0.6 is 11.3 Å². The van der Waals surface area contributed by atoms with Crippen molar-refractivity contribution in [2.75, 3.05) is 5.73 Å². The van der Waals surface area contributed by atoms with Gasteiger partial charge in [-0.25, -0.2) is 0 Å². The number of aliphatic hydroxyl groups excluding tert-OH is 1. The van der Waals surface area contributed by atoms with Crippen LogP contribution in [0.1, 0.15) is 43.2 Å². The van der Waals surface area contributed by atoms with Gasteiger partial charge in [-0.2, -0.15) is 0 Å². The predicted octanol–water partition coefficient (Wildman–Crippen LogP) is 1.73. The molecule has 0 saturated heterocycles. The maximum absolute atomic E-state index is 10.0. The molecular weight excluding hydrogens is 198 g/mol. The molecule has 0 aromatic carbocycles. The number of aliphatic hydroxyl groups is 1. The van der Waals surface area contributed by atoms with Gasteiger partial charge in [0, 0.05) is 0 Å². The number of anilines is 1. The minimum absolute atomic E-state index is 0.357. The zero-order valence-corrected chi connectivity index (χ0v) is 8.83. The third kappa shape index (κ3) is 2.04. The molecule has 1 heterocycles. The van der Waals surface area contributed by atoms with Crippen molar-refractivity contribution in [3.8, 4) is 0 Å². The highest BCUT2D eigenvalue weighted by Gasteiger charge is 2.25. The maximum atomic E-state index is 10.0. The lowest BCUT2D eigenvalue weighted by molar-refractivity contribution is 0.0840. The molecule has 2 rings (SSSR count). The Labute approximate surface area is 87.2 Å². The van der Waals surface area contributed by atoms with Gasteiger partial charge in [0.15, 0.2) is 0 Å². The van der Waals surface area contributed by atoms with E-state index in [-0.39, 0.29) is 0 Å². The van der Waals surface area contributed by atoms with E-state index in [0.717, 1.165) is 12.8 Å². The van der Waals surface area contributed by atoms with Crippen LogP contribution in [-0.2, 0) is 0 Å². The van der Waals surface area contributed by atoms with E-state index < -0.39 is 6.10 Å². The van der Waals surface area contributed by atoms with Crippen molar-refractivity contribution in [2.24, 2.45) is 5.92 Å². The normalized spacial score (nSPS) is 20.9. The number of nitrogens with two attached hydrogens (primary N) is 1. The van der Waals surface area contributed by atoms with Crippen molar-refractivity contribution in [3.05, 3.63) is 5.01 Å². The molecule has 4 nitrogen and oxygen atoms in total. The topological polar surface area (TPSA) is 72.0 Å². The number of hydrogen-bond donors (Lipinski definition) is 2. The molecular formula is C9H15N3OS. The summed E-state index contributed by atoms with van der Waals surface area (Å²) < 4.78 is 0. The van der Waals surface area contributed by atoms with Gasteiger partial charge >= 0.3 is 0 Å². The zero-order chi connectivity index (χ0) is 9.97. The lowest BCUT2D eigenvalue weighted by Crippen LogP contribution is -2.15. The van der Waals surface area contributed by atoms with Gasteiger partial charge < -0.3 is 10.8 Å². The van der Waals surface area contributed by atoms with Gasteiger partial charge in [-0.3, -0.25) is 0 Å². The summed E-state index contributed by atoms with van der Waals surface area (Å²) >= 11 is 1.30. The minimum Gasteiger partial charge on any atom is -0.386 e. The van der Waals surface area contributed by atoms with E-state index in [1.165, 1.54) is 30.6 Å². The Morgan fingerprint density at radius 1 is 1.29 bits per heavy atom. The fraction of sp³-hybridized carbons (Fsp3) is 0.778. The quantitative estimate of drug-likeness (QED) is 0.784. The molecule has 1 unspecified atom stereocenters. The monoisotopic (exact) mass is 213 g/mol. The maximum Gasteiger partial charge on any atom is 0.203 e. The van der Waals surface area contributed by atoms with Crippen LogP contribution in [0.25, 0.3) is 0 Å². The van der Waals surface area contributed by atoms with E-state index in [2.05, 4.69) is 10.2 Å². The minimum atomic E-state index is -0.454. The van der Waals surface area contributed by atoms with E-state index in [0.29, 0.717) is 16.1 Å². The highest BCUT2D eigenvalue weighted by atomic mass is 32.1. The average molecular weight is 213 g/mol. The van der Waals surface area contributed by atoms with Crippen LogP contribution in [0.2, 0.25) is 0 Å². The Morgan fingerprint density at radius 2 is 2.00 bits per heavy atom. The van der Waals surface area contributed by atoms with Gasteiger partial charge in [0.1, 0.15) is 11.1 Å². The summed E-state index contributed by atoms with van der Waals surface area (Å²) in [6, 6.07) is 0. The van der Waals surface area contributed by atoms with E-state index in [9.17, 15) is 5.11 Å². The summed E-state index contributed by atoms with van der Waals surface area (Å²) in [5, 5.41) is 18.7. The Bertz CT molecular complexity index is 296. The number of rotatable bonds is 2. The average Bonchev–Trinajstić information content (AvgIpc) is 2.65. The molecule has 1 atom stereocenters. The first-order chi connectivity index (χ1) is 6.77. The number of aromatic nitrogens is 2. The van der Waals surface area contributed by atoms with Gasteiger partial charge in [0.05, 0.1) is 0 Å². The van der Waals surface area contributed by atoms with Crippen LogP contribution in [-0.4, -0.2) is 15.3 Å². The third-order valence-corrected chi connectivity index (χ3v) is 3.63. The summed E-state index contributed by atoms with van der Waals surface area (Å²) in [6.45, 7) is 0. The van der Waals surface area contributed by atoms with Crippen LogP contribution in [0.5, 0.6) is 0 Å². The number of hydrogen-bond acceptors (Lipinski definition) is 5. The first-order valence-electron chi connectivity index (χ1n) is 5.04. The van der Waals surface area contributed by atoms with Crippen molar-refractivity contribution in [2.45, 2.75) is 38.2 Å². The summed E-state index contributed by atoms with van der Waals surface area (Å²) in [5.41, 5.74) is 5.48. The first kappa shape index (κ1) is 9.86. The van der Waals surface area contributed by atoms with E-state index >= 15 is 0 Å². The summed E-state index contributed by atoms with van der Waals surface area (Å²) in [4.78, 5) is 0. The second kappa shape index (κ2) is 4.23. The lowest BCUT2D eigenvalue weighted by atomic mass is 9.85. The summed E-state index contributed by atoms with van der Waals surface area (Å²) in [5.74, 6) is 0.357. The Morgan fingerprint density at radius 3 is 2.57 bits per heavy atom. The lowest BCUT2D eigenvalue weighted by Gasteiger charge is -2.24. The SMILES string of the molecule is Nc1nnc(C(O)C2CCCCC2)s1. The van der Waals surface area contributed by atoms with Crippen LogP contribution in [0.3, 0.4) is 0 Å². The van der Waals surface area contributed by atoms with E-state index in [4.69, 9.17) is 5.73 Å². The molecule has 5 heteroatoms. The number of nitrogens with zero attached hydrogens (tertiary/aromatic N) is 2. The van der Waals surface area contributed by atoms with Crippen molar-refractivity contribution >= 4 is 16.5 Å². The fourth-order valence-corrected chi connectivity index (χ4v) is 2.71. The Kier molecular flexibility index (Phi) is 2.98. The molecule has 1 saturated carbocycles. The molecule has 1 aromatic heterocycles. The Balaban J connectivity index is 2.03. The van der Waals surface area contributed by atoms with Gasteiger partial charge in [-0.15, -0.1) is 10.2 Å². The smallest absolute Gasteiger partial charge is 0.203 e. The van der Waals surface area contributed by atoms with Crippen molar-refractivity contribution in [1.29, 1.82) is 0 Å². The van der Waals surface area contributed by atoms with Crippen molar-refractivity contribution < 1.29 is 5.11 Å². The highest BCUT2D eigenvalue weighted by Crippen LogP contribution is 2.35. The van der Waals surface area contributed by atoms with Gasteiger partial charge in [-0.05, 0) is 18.8 Å². The molecule has 0 bridgehead atoms. The standard InChI is InChI=1S/C9H15N3OS/c10-9-12-11-8(14-9)7(13)6-4-2-1-3-5-6/h6-7,13H,1-5H2,(H2,10,12). The first-order valence-corrected chi connectivity index (χ1v) is 5.86. The molecule has 1 aliphatic rings. The Hall–Kier alpha value is -0.680. The van der Waals surface area contributed by atoms with Crippen LogP contribution in [0.4, 0.5) is 5.13 Å². The van der Waals surface area contributed by atoms with Crippen LogP contribution in [0, 0.1) is 5.92 Å². The number of nitrogen functional groups attached to an aromatic ring is 1. The van der Waals surface area contributed by atoms with E-state index in [1.807, 2.05) is 0 Å². The zero-order valence-electron chi connectivity index (χ0n) is 8.02. The van der Waals surface area contributed by atoms with Gasteiger partial charge in [-0.1, -0.05) is 30.6 Å². The molecule has 0 aliphatic heterocycles. The molecule has 1 aromatic rings. The third-order valence-electron chi connectivity index (χ3n) is 2.81. The second-order valence-corrected chi connectivity index (χ2v) is 4.86. The largest absolute Gasteiger partial charge is 0.386 e. The van der Waals surface area contributed by atoms with Gasteiger partial charge in [0.2, 0.25) is 5.13 Å². The molecule has 14 heavy (non-hydrogen) atoms. The molecule has 0 spiro atoms. The highest BCUT2D eigenvalue weighted by molar-refractivity contribution is 7.15. The molecule has 0 amide bonds. The second-order valence-electron chi connectivity index (χ2n) is 3.82. The van der Waals surface area contributed by atoms with Crippen LogP contribution < -0.4 is 5.73 Å². The predicted molar refractivity (Wildman–Crippen MR) is 55.9 cm³/mol. The van der Waals surface area contributed by atoms with E-state index in [1.54, 1.807) is 0 Å². The van der Waals surface area contributed by atoms with Gasteiger partial charge in [0.25, 0.3) is 0 Å². The van der Waals surface area contributed by atoms with Crippen molar-refractivity contribution in [3.63, 3.8) is 0 Å². The van der Waals surface area contributed by atoms with Crippen LogP contribution in [0.15, 0.2) is 0 Å². The molecule has 3 N–H and O–H groups in total. The summed E-state index contributed by atoms with van der Waals surface area (Å²) in [6.07, 6.45) is 5.47. The fourth-order valence-electron chi connectivity index (χ4n) is 2.02. The molecule has 78 valence electrons. The molecule has 1 fully saturated rings. The molecule has 1 aliphatic carbocycles.